The van der Waals surface area contributed by atoms with Crippen molar-refractivity contribution in [2.24, 2.45) is 11.8 Å². The Morgan fingerprint density at radius 2 is 1.55 bits per heavy atom. The molecule has 0 aliphatic carbocycles. The monoisotopic (exact) mass is 287 g/mol. The van der Waals surface area contributed by atoms with Crippen molar-refractivity contribution in [2.45, 2.75) is 52.8 Å². The molecule has 0 fully saturated rings. The molecule has 0 atom stereocenters. The van der Waals surface area contributed by atoms with Crippen LogP contribution in [-0.4, -0.2) is 6.04 Å². The molecule has 1 aromatic carbocycles. The van der Waals surface area contributed by atoms with Gasteiger partial charge in [0.05, 0.1) is 5.56 Å². The van der Waals surface area contributed by atoms with Crippen LogP contribution in [0.4, 0.5) is 18.9 Å². The maximum Gasteiger partial charge on any atom is 0.416 e. The van der Waals surface area contributed by atoms with Crippen LogP contribution in [0.2, 0.25) is 0 Å². The van der Waals surface area contributed by atoms with E-state index in [0.717, 1.165) is 18.9 Å². The Kier molecular flexibility index (Phi) is 5.90. The minimum absolute atomic E-state index is 0.207. The summed E-state index contributed by atoms with van der Waals surface area (Å²) in [6.45, 7) is 8.50. The van der Waals surface area contributed by atoms with E-state index in [1.165, 1.54) is 12.1 Å². The SMILES string of the molecule is CC(C)CC(CC(C)C)Nc1cccc(C(F)(F)F)c1. The predicted molar refractivity (Wildman–Crippen MR) is 77.8 cm³/mol. The molecule has 1 aromatic rings. The van der Waals surface area contributed by atoms with E-state index in [4.69, 9.17) is 0 Å². The Morgan fingerprint density at radius 1 is 1.00 bits per heavy atom. The zero-order valence-corrected chi connectivity index (χ0v) is 12.6. The Balaban J connectivity index is 2.82. The molecule has 0 bridgehead atoms. The van der Waals surface area contributed by atoms with E-state index in [1.54, 1.807) is 6.07 Å². The summed E-state index contributed by atoms with van der Waals surface area (Å²) < 4.78 is 38.1. The lowest BCUT2D eigenvalue weighted by Crippen LogP contribution is -2.23. The highest BCUT2D eigenvalue weighted by atomic mass is 19.4. The van der Waals surface area contributed by atoms with E-state index in [9.17, 15) is 13.2 Å². The molecule has 1 nitrogen and oxygen atoms in total. The Bertz CT molecular complexity index is 400. The van der Waals surface area contributed by atoms with Crippen molar-refractivity contribution in [3.8, 4) is 0 Å². The second-order valence-corrected chi connectivity index (χ2v) is 6.18. The van der Waals surface area contributed by atoms with Crippen LogP contribution in [0.1, 0.15) is 46.1 Å². The molecule has 1 N–H and O–H groups in total. The molecule has 1 rings (SSSR count). The standard InChI is InChI=1S/C16H24F3N/c1-11(2)8-15(9-12(3)4)20-14-7-5-6-13(10-14)16(17,18)19/h5-7,10-12,15,20H,8-9H2,1-4H3. The van der Waals surface area contributed by atoms with Gasteiger partial charge >= 0.3 is 6.18 Å². The van der Waals surface area contributed by atoms with E-state index in [1.807, 2.05) is 0 Å². The van der Waals surface area contributed by atoms with Crippen LogP contribution in [0.25, 0.3) is 0 Å². The molecule has 0 aromatic heterocycles. The van der Waals surface area contributed by atoms with E-state index in [0.29, 0.717) is 17.5 Å². The second kappa shape index (κ2) is 7.00. The highest BCUT2D eigenvalue weighted by Crippen LogP contribution is 2.31. The van der Waals surface area contributed by atoms with Gasteiger partial charge in [-0.3, -0.25) is 0 Å². The van der Waals surface area contributed by atoms with Gasteiger partial charge in [0.1, 0.15) is 0 Å². The van der Waals surface area contributed by atoms with E-state index < -0.39 is 11.7 Å². The van der Waals surface area contributed by atoms with Crippen molar-refractivity contribution < 1.29 is 13.2 Å². The third kappa shape index (κ3) is 5.85. The first-order chi connectivity index (χ1) is 9.18. The van der Waals surface area contributed by atoms with Gasteiger partial charge < -0.3 is 5.32 Å². The first-order valence-corrected chi connectivity index (χ1v) is 7.12. The number of anilines is 1. The quantitative estimate of drug-likeness (QED) is 0.720. The molecule has 0 aliphatic heterocycles. The number of hydrogen-bond acceptors (Lipinski definition) is 1. The van der Waals surface area contributed by atoms with Crippen LogP contribution in [-0.2, 0) is 6.18 Å². The summed E-state index contributed by atoms with van der Waals surface area (Å²) in [5, 5.41) is 3.25. The van der Waals surface area contributed by atoms with Crippen molar-refractivity contribution in [1.82, 2.24) is 0 Å². The number of halogens is 3. The third-order valence-electron chi connectivity index (χ3n) is 3.07. The predicted octanol–water partition coefficient (Wildman–Crippen LogP) is 5.58. The molecule has 0 amide bonds. The molecular formula is C16H24F3N. The van der Waals surface area contributed by atoms with Crippen molar-refractivity contribution in [1.29, 1.82) is 0 Å². The van der Waals surface area contributed by atoms with Gasteiger partial charge in [-0.2, -0.15) is 13.2 Å². The summed E-state index contributed by atoms with van der Waals surface area (Å²) in [7, 11) is 0. The maximum absolute atomic E-state index is 12.7. The van der Waals surface area contributed by atoms with Crippen molar-refractivity contribution in [2.75, 3.05) is 5.32 Å². The molecule has 114 valence electrons. The summed E-state index contributed by atoms with van der Waals surface area (Å²) in [6, 6.07) is 5.65. The fourth-order valence-electron chi connectivity index (χ4n) is 2.37. The molecule has 0 spiro atoms. The van der Waals surface area contributed by atoms with Gasteiger partial charge in [-0.05, 0) is 42.9 Å². The largest absolute Gasteiger partial charge is 0.416 e. The molecule has 0 unspecified atom stereocenters. The zero-order chi connectivity index (χ0) is 15.3. The number of rotatable bonds is 6. The average Bonchev–Trinajstić information content (AvgIpc) is 2.26. The Hall–Kier alpha value is -1.19. The first kappa shape index (κ1) is 16.9. The molecule has 20 heavy (non-hydrogen) atoms. The molecule has 0 radical (unpaired) electrons. The number of nitrogens with one attached hydrogen (secondary N) is 1. The summed E-state index contributed by atoms with van der Waals surface area (Å²) in [6.07, 6.45) is -2.38. The normalized spacial score (nSPS) is 12.5. The third-order valence-corrected chi connectivity index (χ3v) is 3.07. The van der Waals surface area contributed by atoms with Crippen molar-refractivity contribution in [3.63, 3.8) is 0 Å². The first-order valence-electron chi connectivity index (χ1n) is 7.12. The van der Waals surface area contributed by atoms with Crippen LogP contribution < -0.4 is 5.32 Å². The van der Waals surface area contributed by atoms with E-state index in [2.05, 4.69) is 33.0 Å². The second-order valence-electron chi connectivity index (χ2n) is 6.18. The van der Waals surface area contributed by atoms with E-state index in [-0.39, 0.29) is 6.04 Å². The van der Waals surface area contributed by atoms with Gasteiger partial charge in [0.25, 0.3) is 0 Å². The van der Waals surface area contributed by atoms with Crippen LogP contribution in [0, 0.1) is 11.8 Å². The Morgan fingerprint density at radius 3 is 2.00 bits per heavy atom. The summed E-state index contributed by atoms with van der Waals surface area (Å²) >= 11 is 0. The van der Waals surface area contributed by atoms with Gasteiger partial charge in [0.15, 0.2) is 0 Å². The molecular weight excluding hydrogens is 263 g/mol. The fourth-order valence-corrected chi connectivity index (χ4v) is 2.37. The molecule has 0 saturated carbocycles. The lowest BCUT2D eigenvalue weighted by atomic mass is 9.95. The average molecular weight is 287 g/mol. The Labute approximate surface area is 119 Å². The van der Waals surface area contributed by atoms with Crippen LogP contribution >= 0.6 is 0 Å². The van der Waals surface area contributed by atoms with Crippen LogP contribution in [0.3, 0.4) is 0 Å². The summed E-state index contributed by atoms with van der Waals surface area (Å²) in [5.41, 5.74) is -0.0542. The van der Waals surface area contributed by atoms with Crippen molar-refractivity contribution in [3.05, 3.63) is 29.8 Å². The number of benzene rings is 1. The molecule has 4 heteroatoms. The minimum atomic E-state index is -4.29. The highest BCUT2D eigenvalue weighted by Gasteiger charge is 2.30. The molecule has 0 heterocycles. The molecule has 0 aliphatic rings. The highest BCUT2D eigenvalue weighted by molar-refractivity contribution is 5.47. The van der Waals surface area contributed by atoms with Crippen molar-refractivity contribution >= 4 is 5.69 Å². The summed E-state index contributed by atoms with van der Waals surface area (Å²) in [4.78, 5) is 0. The van der Waals surface area contributed by atoms with Gasteiger partial charge in [-0.25, -0.2) is 0 Å². The fraction of sp³-hybridized carbons (Fsp3) is 0.625. The summed E-state index contributed by atoms with van der Waals surface area (Å²) in [5.74, 6) is 1.02. The smallest absolute Gasteiger partial charge is 0.382 e. The van der Waals surface area contributed by atoms with Gasteiger partial charge in [-0.15, -0.1) is 0 Å². The topological polar surface area (TPSA) is 12.0 Å². The van der Waals surface area contributed by atoms with Crippen LogP contribution in [0.5, 0.6) is 0 Å². The minimum Gasteiger partial charge on any atom is -0.382 e. The lowest BCUT2D eigenvalue weighted by molar-refractivity contribution is -0.137. The van der Waals surface area contributed by atoms with Gasteiger partial charge in [-0.1, -0.05) is 33.8 Å². The number of alkyl halides is 3. The number of hydrogen-bond donors (Lipinski definition) is 1. The van der Waals surface area contributed by atoms with Gasteiger partial charge in [0, 0.05) is 11.7 Å². The molecule has 0 saturated heterocycles. The maximum atomic E-state index is 12.7. The van der Waals surface area contributed by atoms with Crippen LogP contribution in [0.15, 0.2) is 24.3 Å². The van der Waals surface area contributed by atoms with Gasteiger partial charge in [0.2, 0.25) is 0 Å². The van der Waals surface area contributed by atoms with E-state index >= 15 is 0 Å². The lowest BCUT2D eigenvalue weighted by Gasteiger charge is -2.24. The zero-order valence-electron chi connectivity index (χ0n) is 12.6.